The van der Waals surface area contributed by atoms with Crippen molar-refractivity contribution in [3.63, 3.8) is 0 Å². The van der Waals surface area contributed by atoms with Gasteiger partial charge in [-0.05, 0) is 42.3 Å². The van der Waals surface area contributed by atoms with Crippen LogP contribution in [0.25, 0.3) is 22.0 Å². The Bertz CT molecular complexity index is 767. The quantitative estimate of drug-likeness (QED) is 0.746. The van der Waals surface area contributed by atoms with E-state index >= 15 is 0 Å². The zero-order valence-electron chi connectivity index (χ0n) is 11.4. The lowest BCUT2D eigenvalue weighted by Crippen LogP contribution is -1.98. The molecule has 0 aliphatic heterocycles. The number of nitrogens with one attached hydrogen (secondary N) is 1. The van der Waals surface area contributed by atoms with Crippen molar-refractivity contribution in [2.45, 2.75) is 6.92 Å². The normalized spacial score (nSPS) is 10.7. The lowest BCUT2D eigenvalue weighted by Gasteiger charge is -2.07. The van der Waals surface area contributed by atoms with Gasteiger partial charge in [0.15, 0.2) is 0 Å². The van der Waals surface area contributed by atoms with Crippen molar-refractivity contribution in [2.75, 3.05) is 12.4 Å². The van der Waals surface area contributed by atoms with Gasteiger partial charge in [0.1, 0.15) is 5.75 Å². The van der Waals surface area contributed by atoms with E-state index in [4.69, 9.17) is 0 Å². The molecular formula is C16H15N3O. The number of anilines is 1. The van der Waals surface area contributed by atoms with Gasteiger partial charge in [0.2, 0.25) is 5.95 Å². The maximum Gasteiger partial charge on any atom is 0.223 e. The fourth-order valence-electron chi connectivity index (χ4n) is 2.23. The summed E-state index contributed by atoms with van der Waals surface area (Å²) in [6.45, 7) is 1.98. The van der Waals surface area contributed by atoms with E-state index in [2.05, 4.69) is 21.4 Å². The zero-order valence-corrected chi connectivity index (χ0v) is 11.4. The van der Waals surface area contributed by atoms with E-state index in [0.717, 1.165) is 27.7 Å². The van der Waals surface area contributed by atoms with Crippen molar-refractivity contribution >= 4 is 16.9 Å². The van der Waals surface area contributed by atoms with Gasteiger partial charge in [-0.3, -0.25) is 0 Å². The molecule has 4 nitrogen and oxygen atoms in total. The number of fused-ring (bicyclic) bond motifs is 1. The molecule has 0 atom stereocenters. The summed E-state index contributed by atoms with van der Waals surface area (Å²) in [5.74, 6) is 0.903. The second-order valence-electron chi connectivity index (χ2n) is 4.66. The topological polar surface area (TPSA) is 58.0 Å². The fourth-order valence-corrected chi connectivity index (χ4v) is 2.23. The molecule has 0 aliphatic carbocycles. The van der Waals surface area contributed by atoms with Crippen molar-refractivity contribution in [1.82, 2.24) is 9.97 Å². The third-order valence-corrected chi connectivity index (χ3v) is 3.31. The van der Waals surface area contributed by atoms with E-state index in [-0.39, 0.29) is 5.75 Å². The van der Waals surface area contributed by atoms with E-state index in [1.54, 1.807) is 12.1 Å². The molecule has 0 unspecified atom stereocenters. The zero-order chi connectivity index (χ0) is 14.1. The summed E-state index contributed by atoms with van der Waals surface area (Å²) in [7, 11) is 1.81. The van der Waals surface area contributed by atoms with Gasteiger partial charge in [-0.1, -0.05) is 18.2 Å². The Morgan fingerprint density at radius 3 is 2.35 bits per heavy atom. The minimum Gasteiger partial charge on any atom is -0.508 e. The molecule has 2 aromatic carbocycles. The molecule has 3 aromatic rings. The Kier molecular flexibility index (Phi) is 2.99. The molecule has 0 saturated heterocycles. The second kappa shape index (κ2) is 4.81. The van der Waals surface area contributed by atoms with Crippen molar-refractivity contribution in [1.29, 1.82) is 0 Å². The van der Waals surface area contributed by atoms with Crippen LogP contribution in [0.2, 0.25) is 0 Å². The molecule has 0 saturated carbocycles. The maximum absolute atomic E-state index is 9.35. The molecule has 0 spiro atoms. The van der Waals surface area contributed by atoms with Crippen LogP contribution in [0, 0.1) is 6.92 Å². The average molecular weight is 265 g/mol. The highest BCUT2D eigenvalue weighted by atomic mass is 16.3. The standard InChI is InChI=1S/C16H15N3O/c1-10-14-9-12(11-3-6-13(20)7-4-11)5-8-15(14)19-16(17-2)18-10/h3-9,20H,1-2H3,(H,17,18,19). The first-order valence-electron chi connectivity index (χ1n) is 6.43. The molecule has 1 heterocycles. The van der Waals surface area contributed by atoms with Crippen LogP contribution in [0.15, 0.2) is 42.5 Å². The van der Waals surface area contributed by atoms with E-state index in [1.807, 2.05) is 38.2 Å². The molecule has 0 fully saturated rings. The van der Waals surface area contributed by atoms with Gasteiger partial charge >= 0.3 is 0 Å². The number of aromatic nitrogens is 2. The predicted molar refractivity (Wildman–Crippen MR) is 80.9 cm³/mol. The summed E-state index contributed by atoms with van der Waals surface area (Å²) in [6, 6.07) is 13.3. The maximum atomic E-state index is 9.35. The highest BCUT2D eigenvalue weighted by Gasteiger charge is 2.06. The minimum atomic E-state index is 0.271. The van der Waals surface area contributed by atoms with Gasteiger partial charge in [-0.2, -0.15) is 0 Å². The van der Waals surface area contributed by atoms with Crippen molar-refractivity contribution in [3.05, 3.63) is 48.2 Å². The van der Waals surface area contributed by atoms with E-state index in [9.17, 15) is 5.11 Å². The first-order valence-corrected chi connectivity index (χ1v) is 6.43. The van der Waals surface area contributed by atoms with Crippen molar-refractivity contribution in [2.24, 2.45) is 0 Å². The minimum absolute atomic E-state index is 0.271. The van der Waals surface area contributed by atoms with Gasteiger partial charge in [-0.25, -0.2) is 9.97 Å². The van der Waals surface area contributed by atoms with Gasteiger partial charge in [0.25, 0.3) is 0 Å². The third kappa shape index (κ3) is 2.16. The second-order valence-corrected chi connectivity index (χ2v) is 4.66. The van der Waals surface area contributed by atoms with Crippen molar-refractivity contribution in [3.8, 4) is 16.9 Å². The monoisotopic (exact) mass is 265 g/mol. The van der Waals surface area contributed by atoms with Crippen LogP contribution >= 0.6 is 0 Å². The van der Waals surface area contributed by atoms with Gasteiger partial charge in [0.05, 0.1) is 11.2 Å². The number of aromatic hydroxyl groups is 1. The molecule has 2 N–H and O–H groups in total. The van der Waals surface area contributed by atoms with Gasteiger partial charge < -0.3 is 10.4 Å². The van der Waals surface area contributed by atoms with Crippen LogP contribution in [0.3, 0.4) is 0 Å². The number of hydrogen-bond donors (Lipinski definition) is 2. The van der Waals surface area contributed by atoms with Gasteiger partial charge in [-0.15, -0.1) is 0 Å². The summed E-state index contributed by atoms with van der Waals surface area (Å²) in [4.78, 5) is 8.85. The molecule has 0 radical (unpaired) electrons. The van der Waals surface area contributed by atoms with Crippen LogP contribution in [0.4, 0.5) is 5.95 Å². The number of rotatable bonds is 2. The largest absolute Gasteiger partial charge is 0.508 e. The molecule has 100 valence electrons. The number of phenols is 1. The summed E-state index contributed by atoms with van der Waals surface area (Å²) >= 11 is 0. The molecular weight excluding hydrogens is 250 g/mol. The Balaban J connectivity index is 2.15. The molecule has 4 heteroatoms. The fraction of sp³-hybridized carbons (Fsp3) is 0.125. The highest BCUT2D eigenvalue weighted by Crippen LogP contribution is 2.26. The van der Waals surface area contributed by atoms with E-state index < -0.39 is 0 Å². The molecule has 3 rings (SSSR count). The predicted octanol–water partition coefficient (Wildman–Crippen LogP) is 3.35. The Hall–Kier alpha value is -2.62. The SMILES string of the molecule is CNc1nc(C)c2cc(-c3ccc(O)cc3)ccc2n1. The van der Waals surface area contributed by atoms with Crippen LogP contribution < -0.4 is 5.32 Å². The number of hydrogen-bond acceptors (Lipinski definition) is 4. The average Bonchev–Trinajstić information content (AvgIpc) is 2.47. The molecule has 1 aromatic heterocycles. The van der Waals surface area contributed by atoms with E-state index in [0.29, 0.717) is 5.95 Å². The number of nitrogens with zero attached hydrogens (tertiary/aromatic N) is 2. The summed E-state index contributed by atoms with van der Waals surface area (Å²) in [5.41, 5.74) is 4.01. The molecule has 0 bridgehead atoms. The Morgan fingerprint density at radius 2 is 1.65 bits per heavy atom. The summed E-state index contributed by atoms with van der Waals surface area (Å²) in [5, 5.41) is 13.3. The summed E-state index contributed by atoms with van der Waals surface area (Å²) < 4.78 is 0. The summed E-state index contributed by atoms with van der Waals surface area (Å²) in [6.07, 6.45) is 0. The third-order valence-electron chi connectivity index (χ3n) is 3.31. The Labute approximate surface area is 117 Å². The number of aryl methyl sites for hydroxylation is 1. The molecule has 0 aliphatic rings. The lowest BCUT2D eigenvalue weighted by molar-refractivity contribution is 0.475. The smallest absolute Gasteiger partial charge is 0.223 e. The number of benzene rings is 2. The number of phenolic OH excluding ortho intramolecular Hbond substituents is 1. The van der Waals surface area contributed by atoms with Crippen molar-refractivity contribution < 1.29 is 5.11 Å². The van der Waals surface area contributed by atoms with Crippen LogP contribution in [0.1, 0.15) is 5.69 Å². The molecule has 0 amide bonds. The van der Waals surface area contributed by atoms with Crippen LogP contribution in [-0.2, 0) is 0 Å². The lowest BCUT2D eigenvalue weighted by atomic mass is 10.0. The Morgan fingerprint density at radius 1 is 0.950 bits per heavy atom. The first-order chi connectivity index (χ1) is 9.67. The first kappa shape index (κ1) is 12.4. The van der Waals surface area contributed by atoms with E-state index in [1.165, 1.54) is 0 Å². The van der Waals surface area contributed by atoms with Gasteiger partial charge in [0, 0.05) is 12.4 Å². The highest BCUT2D eigenvalue weighted by molar-refractivity contribution is 5.87. The molecule has 20 heavy (non-hydrogen) atoms. The van der Waals surface area contributed by atoms with Crippen LogP contribution in [0.5, 0.6) is 5.75 Å². The van der Waals surface area contributed by atoms with Crippen LogP contribution in [-0.4, -0.2) is 22.1 Å².